The van der Waals surface area contributed by atoms with E-state index in [4.69, 9.17) is 35.3 Å². The highest BCUT2D eigenvalue weighted by atomic mass is 35.5. The van der Waals surface area contributed by atoms with Gasteiger partial charge in [0.15, 0.2) is 0 Å². The van der Waals surface area contributed by atoms with Gasteiger partial charge < -0.3 is 38.8 Å². The van der Waals surface area contributed by atoms with E-state index in [1.54, 1.807) is 14.2 Å². The lowest BCUT2D eigenvalue weighted by Crippen LogP contribution is -2.62. The first-order valence-corrected chi connectivity index (χ1v) is 18.9. The number of ether oxygens (including phenoxy) is 5. The molecule has 2 atom stereocenters. The second-order valence-corrected chi connectivity index (χ2v) is 14.6. The number of piperazine rings is 1. The number of carbonyl (C=O) groups is 3. The average molecular weight is 760 g/mol. The van der Waals surface area contributed by atoms with Crippen LogP contribution in [-0.2, 0) is 25.7 Å². The van der Waals surface area contributed by atoms with Crippen LogP contribution in [0.1, 0.15) is 60.8 Å². The summed E-state index contributed by atoms with van der Waals surface area (Å²) in [4.78, 5) is 43.8. The lowest BCUT2D eigenvalue weighted by atomic mass is 9.82. The number of rotatable bonds is 16. The summed E-state index contributed by atoms with van der Waals surface area (Å²) in [6.45, 7) is 5.96. The SMILES string of the molecule is COC(=O)CCCC(=O)N1C[C@H]2CC(c3ccc(OCCOc4cc(C)c(C)cc4Cl)cc3)=C(C(=O)N(Cc3cc(OC)cc(OC)c3)C3CC3)[C@@H](C1)N2. The van der Waals surface area contributed by atoms with Crippen molar-refractivity contribution in [3.63, 3.8) is 0 Å². The minimum atomic E-state index is -0.365. The molecule has 2 heterocycles. The first kappa shape index (κ1) is 39.0. The summed E-state index contributed by atoms with van der Waals surface area (Å²) >= 11 is 6.38. The summed E-state index contributed by atoms with van der Waals surface area (Å²) in [7, 11) is 4.57. The Morgan fingerprint density at radius 1 is 0.852 bits per heavy atom. The predicted molar refractivity (Wildman–Crippen MR) is 206 cm³/mol. The molecule has 1 saturated carbocycles. The fraction of sp³-hybridized carbons (Fsp3) is 0.452. The van der Waals surface area contributed by atoms with Crippen LogP contribution in [0.15, 0.2) is 60.2 Å². The zero-order valence-electron chi connectivity index (χ0n) is 31.7. The van der Waals surface area contributed by atoms with Crippen molar-refractivity contribution in [2.45, 2.75) is 77.0 Å². The number of hydrogen-bond donors (Lipinski definition) is 1. The molecule has 2 bridgehead atoms. The van der Waals surface area contributed by atoms with Gasteiger partial charge in [-0.2, -0.15) is 0 Å². The number of esters is 1. The second-order valence-electron chi connectivity index (χ2n) is 14.2. The third-order valence-corrected chi connectivity index (χ3v) is 10.7. The lowest BCUT2D eigenvalue weighted by molar-refractivity contribution is -0.141. The van der Waals surface area contributed by atoms with Gasteiger partial charge >= 0.3 is 5.97 Å². The molecule has 0 aromatic heterocycles. The van der Waals surface area contributed by atoms with Crippen molar-refractivity contribution in [2.75, 3.05) is 47.6 Å². The molecule has 6 rings (SSSR count). The number of nitrogens with zero attached hydrogens (tertiary/aromatic N) is 2. The van der Waals surface area contributed by atoms with Crippen LogP contribution in [0.4, 0.5) is 0 Å². The zero-order chi connectivity index (χ0) is 38.4. The molecular weight excluding hydrogens is 710 g/mol. The summed E-state index contributed by atoms with van der Waals surface area (Å²) in [5.41, 5.74) is 5.71. The number of carbonyl (C=O) groups excluding carboxylic acids is 3. The van der Waals surface area contributed by atoms with Crippen molar-refractivity contribution in [1.29, 1.82) is 0 Å². The molecule has 11 nitrogen and oxygen atoms in total. The number of amides is 2. The fourth-order valence-corrected chi connectivity index (χ4v) is 7.48. The van der Waals surface area contributed by atoms with E-state index in [9.17, 15) is 14.4 Å². The molecule has 1 saturated heterocycles. The van der Waals surface area contributed by atoms with Crippen LogP contribution in [0.3, 0.4) is 0 Å². The highest BCUT2D eigenvalue weighted by Crippen LogP contribution is 2.38. The van der Waals surface area contributed by atoms with Crippen molar-refractivity contribution in [2.24, 2.45) is 0 Å². The molecule has 3 aromatic rings. The van der Waals surface area contributed by atoms with E-state index < -0.39 is 0 Å². The lowest BCUT2D eigenvalue weighted by Gasteiger charge is -2.45. The second kappa shape index (κ2) is 17.6. The summed E-state index contributed by atoms with van der Waals surface area (Å²) in [5.74, 6) is 2.22. The average Bonchev–Trinajstić information content (AvgIpc) is 4.02. The standard InChI is InChI=1S/C42H50ClN3O8/c1-26-17-36(43)38(18-27(26)2)54-16-15-53-32-13-9-29(10-14-32)35-21-30-24-45(39(47)7-6-8-40(48)52-5)25-37(44-30)41(35)42(49)46(31-11-12-31)23-28-19-33(50-3)22-34(20-28)51-4/h9-10,13-14,17-20,22,30-31,37,44H,6-8,11-12,15-16,21,23-25H2,1-5H3/t30-,37-/m1/s1. The van der Waals surface area contributed by atoms with Crippen molar-refractivity contribution in [3.05, 3.63) is 87.4 Å². The first-order valence-electron chi connectivity index (χ1n) is 18.6. The van der Waals surface area contributed by atoms with E-state index in [1.165, 1.54) is 7.11 Å². The van der Waals surface area contributed by atoms with Crippen molar-refractivity contribution in [1.82, 2.24) is 15.1 Å². The minimum Gasteiger partial charge on any atom is -0.497 e. The first-order chi connectivity index (χ1) is 26.1. The van der Waals surface area contributed by atoms with Gasteiger partial charge in [-0.3, -0.25) is 14.4 Å². The number of nitrogens with one attached hydrogen (secondary N) is 1. The maximum Gasteiger partial charge on any atom is 0.305 e. The monoisotopic (exact) mass is 759 g/mol. The molecule has 3 aromatic carbocycles. The normalized spacial score (nSPS) is 17.9. The zero-order valence-corrected chi connectivity index (χ0v) is 32.5. The van der Waals surface area contributed by atoms with E-state index in [-0.39, 0.29) is 48.8 Å². The van der Waals surface area contributed by atoms with Crippen LogP contribution in [0.2, 0.25) is 5.02 Å². The van der Waals surface area contributed by atoms with Gasteiger partial charge in [-0.25, -0.2) is 0 Å². The molecule has 0 unspecified atom stereocenters. The van der Waals surface area contributed by atoms with E-state index in [1.807, 2.05) is 78.2 Å². The van der Waals surface area contributed by atoms with Crippen LogP contribution in [0.25, 0.3) is 5.57 Å². The maximum absolute atomic E-state index is 14.9. The Morgan fingerprint density at radius 3 is 2.20 bits per heavy atom. The van der Waals surface area contributed by atoms with Crippen molar-refractivity contribution in [3.8, 4) is 23.0 Å². The molecule has 3 aliphatic rings. The Morgan fingerprint density at radius 2 is 1.54 bits per heavy atom. The molecule has 2 aliphatic heterocycles. The molecule has 54 heavy (non-hydrogen) atoms. The quantitative estimate of drug-likeness (QED) is 0.133. The van der Waals surface area contributed by atoms with Crippen LogP contribution in [0, 0.1) is 13.8 Å². The van der Waals surface area contributed by atoms with Gasteiger partial charge in [0.1, 0.15) is 36.2 Å². The number of fused-ring (bicyclic) bond motifs is 2. The van der Waals surface area contributed by atoms with Crippen LogP contribution < -0.4 is 24.3 Å². The molecule has 288 valence electrons. The third-order valence-electron chi connectivity index (χ3n) is 10.4. The molecule has 0 spiro atoms. The van der Waals surface area contributed by atoms with E-state index in [2.05, 4.69) is 5.32 Å². The number of methoxy groups -OCH3 is 3. The molecule has 0 radical (unpaired) electrons. The third kappa shape index (κ3) is 9.49. The molecule has 2 fully saturated rings. The molecular formula is C42H50ClN3O8. The van der Waals surface area contributed by atoms with Crippen LogP contribution in [-0.4, -0.2) is 93.3 Å². The van der Waals surface area contributed by atoms with Gasteiger partial charge in [-0.1, -0.05) is 23.7 Å². The molecule has 12 heteroatoms. The van der Waals surface area contributed by atoms with E-state index in [0.717, 1.165) is 40.7 Å². The van der Waals surface area contributed by atoms with E-state index >= 15 is 0 Å². The van der Waals surface area contributed by atoms with Gasteiger partial charge in [0.05, 0.1) is 32.4 Å². The minimum absolute atomic E-state index is 0.0292. The highest BCUT2D eigenvalue weighted by Gasteiger charge is 2.43. The van der Waals surface area contributed by atoms with Crippen molar-refractivity contribution < 1.29 is 38.1 Å². The van der Waals surface area contributed by atoms with Gasteiger partial charge in [-0.05, 0) is 104 Å². The van der Waals surface area contributed by atoms with E-state index in [0.29, 0.717) is 79.3 Å². The number of halogens is 1. The van der Waals surface area contributed by atoms with Crippen LogP contribution >= 0.6 is 11.6 Å². The Kier molecular flexibility index (Phi) is 12.7. The number of benzene rings is 3. The van der Waals surface area contributed by atoms with Crippen LogP contribution in [0.5, 0.6) is 23.0 Å². The van der Waals surface area contributed by atoms with Gasteiger partial charge in [-0.15, -0.1) is 0 Å². The topological polar surface area (TPSA) is 116 Å². The Bertz CT molecular complexity index is 1850. The van der Waals surface area contributed by atoms with Gasteiger partial charge in [0, 0.05) is 56.2 Å². The highest BCUT2D eigenvalue weighted by molar-refractivity contribution is 6.32. The van der Waals surface area contributed by atoms with Gasteiger partial charge in [0.25, 0.3) is 5.91 Å². The summed E-state index contributed by atoms with van der Waals surface area (Å²) in [5, 5.41) is 4.25. The Balaban J connectivity index is 1.23. The largest absolute Gasteiger partial charge is 0.497 e. The summed E-state index contributed by atoms with van der Waals surface area (Å²) < 4.78 is 27.7. The molecule has 1 N–H and O–H groups in total. The number of hydrogen-bond acceptors (Lipinski definition) is 9. The summed E-state index contributed by atoms with van der Waals surface area (Å²) in [6, 6.07) is 17.1. The number of aryl methyl sites for hydroxylation is 2. The summed E-state index contributed by atoms with van der Waals surface area (Å²) in [6.07, 6.45) is 3.26. The Hall–Kier alpha value is -4.74. The van der Waals surface area contributed by atoms with Gasteiger partial charge in [0.2, 0.25) is 5.91 Å². The van der Waals surface area contributed by atoms with Crippen molar-refractivity contribution >= 4 is 35.0 Å². The maximum atomic E-state index is 14.9. The Labute approximate surface area is 322 Å². The molecule has 1 aliphatic carbocycles. The smallest absolute Gasteiger partial charge is 0.305 e. The fourth-order valence-electron chi connectivity index (χ4n) is 7.21. The predicted octanol–water partition coefficient (Wildman–Crippen LogP) is 6.29. The molecule has 2 amide bonds.